The number of ether oxygens (including phenoxy) is 3. The number of benzene rings is 1. The molecule has 1 aromatic rings. The molecule has 0 bridgehead atoms. The molecule has 7 heteroatoms. The number of piperidine rings is 1. The standard InChI is InChI=1S/C25H40N2O5/c1-25(2,3)32-24(29)26(4)21-13-16-27(17-14-21)18-15-22(11-12-23(28)30-5)31-19-20-9-7-6-8-10-20/h6-10,21-22H,11-19H2,1-5H3. The van der Waals surface area contributed by atoms with Gasteiger partial charge in [0.05, 0.1) is 19.8 Å². The lowest BCUT2D eigenvalue weighted by Gasteiger charge is -2.37. The maximum atomic E-state index is 12.3. The summed E-state index contributed by atoms with van der Waals surface area (Å²) in [7, 11) is 3.25. The van der Waals surface area contributed by atoms with Gasteiger partial charge in [-0.25, -0.2) is 4.79 Å². The lowest BCUT2D eigenvalue weighted by Crippen LogP contribution is -2.47. The summed E-state index contributed by atoms with van der Waals surface area (Å²) < 4.78 is 16.4. The Kier molecular flexibility index (Phi) is 10.5. The third kappa shape index (κ3) is 9.57. The number of esters is 1. The first-order valence-electron chi connectivity index (χ1n) is 11.6. The number of methoxy groups -OCH3 is 1. The fourth-order valence-electron chi connectivity index (χ4n) is 3.82. The molecule has 1 aliphatic heterocycles. The van der Waals surface area contributed by atoms with Crippen LogP contribution in [0, 0.1) is 0 Å². The van der Waals surface area contributed by atoms with Crippen molar-refractivity contribution in [2.75, 3.05) is 33.8 Å². The van der Waals surface area contributed by atoms with Gasteiger partial charge >= 0.3 is 12.1 Å². The van der Waals surface area contributed by atoms with Crippen LogP contribution in [0.25, 0.3) is 0 Å². The van der Waals surface area contributed by atoms with Gasteiger partial charge in [-0.05, 0) is 52.0 Å². The van der Waals surface area contributed by atoms with E-state index >= 15 is 0 Å². The molecule has 0 N–H and O–H groups in total. The first kappa shape index (κ1) is 26.1. The fourth-order valence-corrected chi connectivity index (χ4v) is 3.82. The quantitative estimate of drug-likeness (QED) is 0.499. The SMILES string of the molecule is COC(=O)CCC(CCN1CCC(N(C)C(=O)OC(C)(C)C)CC1)OCc1ccccc1. The first-order valence-corrected chi connectivity index (χ1v) is 11.6. The van der Waals surface area contributed by atoms with Gasteiger partial charge in [-0.2, -0.15) is 0 Å². The van der Waals surface area contributed by atoms with Gasteiger partial charge in [0.15, 0.2) is 0 Å². The smallest absolute Gasteiger partial charge is 0.410 e. The van der Waals surface area contributed by atoms with Crippen molar-refractivity contribution in [1.82, 2.24) is 9.80 Å². The minimum Gasteiger partial charge on any atom is -0.469 e. The molecule has 0 aliphatic carbocycles. The molecule has 32 heavy (non-hydrogen) atoms. The van der Waals surface area contributed by atoms with Crippen molar-refractivity contribution in [2.24, 2.45) is 0 Å². The van der Waals surface area contributed by atoms with Gasteiger partial charge in [0.2, 0.25) is 0 Å². The van der Waals surface area contributed by atoms with Crippen LogP contribution < -0.4 is 0 Å². The number of carbonyl (C=O) groups is 2. The molecule has 7 nitrogen and oxygen atoms in total. The summed E-state index contributed by atoms with van der Waals surface area (Å²) >= 11 is 0. The molecule has 0 spiro atoms. The van der Waals surface area contributed by atoms with Crippen LogP contribution >= 0.6 is 0 Å². The van der Waals surface area contributed by atoms with Crippen molar-refractivity contribution in [3.63, 3.8) is 0 Å². The van der Waals surface area contributed by atoms with E-state index in [1.807, 2.05) is 58.2 Å². The van der Waals surface area contributed by atoms with Crippen LogP contribution in [0.5, 0.6) is 0 Å². The van der Waals surface area contributed by atoms with E-state index in [2.05, 4.69) is 4.90 Å². The third-order valence-corrected chi connectivity index (χ3v) is 5.78. The molecular formula is C25H40N2O5. The zero-order valence-electron chi connectivity index (χ0n) is 20.3. The number of rotatable bonds is 10. The Bertz CT molecular complexity index is 696. The Morgan fingerprint density at radius 2 is 1.78 bits per heavy atom. The highest BCUT2D eigenvalue weighted by molar-refractivity contribution is 5.69. The van der Waals surface area contributed by atoms with Gasteiger partial charge in [0, 0.05) is 39.1 Å². The van der Waals surface area contributed by atoms with Crippen LogP contribution in [0.4, 0.5) is 4.79 Å². The summed E-state index contributed by atoms with van der Waals surface area (Å²) in [6.45, 7) is 8.97. The largest absolute Gasteiger partial charge is 0.469 e. The molecule has 1 amide bonds. The first-order chi connectivity index (χ1) is 15.2. The second-order valence-corrected chi connectivity index (χ2v) is 9.49. The lowest BCUT2D eigenvalue weighted by molar-refractivity contribution is -0.141. The van der Waals surface area contributed by atoms with Crippen molar-refractivity contribution in [3.8, 4) is 0 Å². The van der Waals surface area contributed by atoms with E-state index in [1.165, 1.54) is 7.11 Å². The van der Waals surface area contributed by atoms with Crippen molar-refractivity contribution in [3.05, 3.63) is 35.9 Å². The predicted molar refractivity (Wildman–Crippen MR) is 124 cm³/mol. The predicted octanol–water partition coefficient (Wildman–Crippen LogP) is 4.25. The zero-order valence-corrected chi connectivity index (χ0v) is 20.3. The topological polar surface area (TPSA) is 68.3 Å². The van der Waals surface area contributed by atoms with Crippen LogP contribution in [0.2, 0.25) is 0 Å². The summed E-state index contributed by atoms with van der Waals surface area (Å²) in [5.41, 5.74) is 0.645. The van der Waals surface area contributed by atoms with Gasteiger partial charge in [-0.15, -0.1) is 0 Å². The van der Waals surface area contributed by atoms with Gasteiger partial charge in [0.1, 0.15) is 5.60 Å². The highest BCUT2D eigenvalue weighted by Gasteiger charge is 2.28. The minimum absolute atomic E-state index is 0.00327. The van der Waals surface area contributed by atoms with Crippen molar-refractivity contribution in [2.45, 2.75) is 77.2 Å². The van der Waals surface area contributed by atoms with Crippen LogP contribution in [-0.4, -0.2) is 73.4 Å². The molecule has 1 heterocycles. The molecule has 1 aliphatic rings. The Morgan fingerprint density at radius 1 is 1.12 bits per heavy atom. The van der Waals surface area contributed by atoms with E-state index < -0.39 is 5.60 Å². The molecular weight excluding hydrogens is 408 g/mol. The molecule has 1 saturated heterocycles. The fraction of sp³-hybridized carbons (Fsp3) is 0.680. The lowest BCUT2D eigenvalue weighted by atomic mass is 10.0. The number of hydrogen-bond donors (Lipinski definition) is 0. The summed E-state index contributed by atoms with van der Waals surface area (Å²) in [6, 6.07) is 10.3. The molecule has 0 aromatic heterocycles. The van der Waals surface area contributed by atoms with Crippen molar-refractivity contribution in [1.29, 1.82) is 0 Å². The van der Waals surface area contributed by atoms with Crippen LogP contribution in [0.15, 0.2) is 30.3 Å². The number of hydrogen-bond acceptors (Lipinski definition) is 6. The van der Waals surface area contributed by atoms with E-state index in [0.29, 0.717) is 19.4 Å². The molecule has 1 unspecified atom stereocenters. The Balaban J connectivity index is 1.79. The molecule has 1 atom stereocenters. The summed E-state index contributed by atoms with van der Waals surface area (Å²) in [5, 5.41) is 0. The maximum absolute atomic E-state index is 12.3. The van der Waals surface area contributed by atoms with E-state index in [4.69, 9.17) is 14.2 Å². The Morgan fingerprint density at radius 3 is 2.38 bits per heavy atom. The zero-order chi connectivity index (χ0) is 23.6. The number of carbonyl (C=O) groups excluding carboxylic acids is 2. The molecule has 0 saturated carbocycles. The van der Waals surface area contributed by atoms with Gasteiger partial charge < -0.3 is 24.0 Å². The molecule has 2 rings (SSSR count). The van der Waals surface area contributed by atoms with Crippen molar-refractivity contribution < 1.29 is 23.8 Å². The summed E-state index contributed by atoms with van der Waals surface area (Å²) in [4.78, 5) is 28.1. The molecule has 1 aromatic carbocycles. The average Bonchev–Trinajstić information content (AvgIpc) is 2.77. The Labute approximate surface area is 193 Å². The normalized spacial score (nSPS) is 16.4. The molecule has 180 valence electrons. The van der Waals surface area contributed by atoms with Gasteiger partial charge in [-0.3, -0.25) is 4.79 Å². The van der Waals surface area contributed by atoms with Crippen LogP contribution in [-0.2, 0) is 25.6 Å². The van der Waals surface area contributed by atoms with E-state index in [-0.39, 0.29) is 24.2 Å². The second-order valence-electron chi connectivity index (χ2n) is 9.49. The summed E-state index contributed by atoms with van der Waals surface area (Å²) in [6.07, 6.45) is 3.46. The minimum atomic E-state index is -0.481. The van der Waals surface area contributed by atoms with Gasteiger partial charge in [0.25, 0.3) is 0 Å². The highest BCUT2D eigenvalue weighted by Crippen LogP contribution is 2.20. The number of likely N-dealkylation sites (tertiary alicyclic amines) is 1. The highest BCUT2D eigenvalue weighted by atomic mass is 16.6. The molecule has 1 fully saturated rings. The summed E-state index contributed by atoms with van der Waals surface area (Å²) in [5.74, 6) is -0.204. The maximum Gasteiger partial charge on any atom is 0.410 e. The number of amides is 1. The van der Waals surface area contributed by atoms with Crippen molar-refractivity contribution >= 4 is 12.1 Å². The van der Waals surface area contributed by atoms with Crippen LogP contribution in [0.3, 0.4) is 0 Å². The monoisotopic (exact) mass is 448 g/mol. The Hall–Kier alpha value is -2.12. The van der Waals surface area contributed by atoms with E-state index in [0.717, 1.165) is 44.5 Å². The third-order valence-electron chi connectivity index (χ3n) is 5.78. The van der Waals surface area contributed by atoms with E-state index in [9.17, 15) is 9.59 Å². The van der Waals surface area contributed by atoms with E-state index in [1.54, 1.807) is 4.90 Å². The van der Waals surface area contributed by atoms with Gasteiger partial charge in [-0.1, -0.05) is 30.3 Å². The second kappa shape index (κ2) is 12.8. The number of nitrogens with zero attached hydrogens (tertiary/aromatic N) is 2. The molecule has 0 radical (unpaired) electrons. The van der Waals surface area contributed by atoms with Crippen LogP contribution in [0.1, 0.15) is 58.4 Å². The average molecular weight is 449 g/mol.